The molecule has 1 aromatic heterocycles. The van der Waals surface area contributed by atoms with E-state index < -0.39 is 11.7 Å². The number of furan rings is 1. The Hall–Kier alpha value is -2.59. The Balaban J connectivity index is 2.11. The number of carbonyl (C=O) groups is 1. The third-order valence-electron chi connectivity index (χ3n) is 3.32. The number of hydrogen-bond donors (Lipinski definition) is 1. The van der Waals surface area contributed by atoms with E-state index in [1.54, 1.807) is 6.07 Å². The monoisotopic (exact) mass is 362 g/mol. The van der Waals surface area contributed by atoms with Crippen LogP contribution in [-0.4, -0.2) is 11.7 Å². The fourth-order valence-corrected chi connectivity index (χ4v) is 2.57. The zero-order valence-corrected chi connectivity index (χ0v) is 14.5. The van der Waals surface area contributed by atoms with Crippen molar-refractivity contribution in [1.82, 2.24) is 0 Å². The number of benzene rings is 1. The van der Waals surface area contributed by atoms with E-state index in [9.17, 15) is 18.8 Å². The third-order valence-corrected chi connectivity index (χ3v) is 4.02. The summed E-state index contributed by atoms with van der Waals surface area (Å²) in [6.45, 7) is 3.80. The van der Waals surface area contributed by atoms with Gasteiger partial charge in [0.05, 0.1) is 5.75 Å². The van der Waals surface area contributed by atoms with E-state index in [1.165, 1.54) is 18.2 Å². The molecule has 0 aliphatic rings. The first-order valence-electron chi connectivity index (χ1n) is 7.38. The second-order valence-corrected chi connectivity index (χ2v) is 6.30. The van der Waals surface area contributed by atoms with Crippen LogP contribution >= 0.6 is 11.8 Å². The van der Waals surface area contributed by atoms with E-state index in [4.69, 9.17) is 4.42 Å². The Bertz CT molecular complexity index is 838. The van der Waals surface area contributed by atoms with Gasteiger partial charge in [-0.15, -0.1) is 0 Å². The molecule has 0 aliphatic carbocycles. The van der Waals surface area contributed by atoms with Crippen molar-refractivity contribution in [2.24, 2.45) is 0 Å². The zero-order chi connectivity index (χ0) is 18.4. The Kier molecular flexibility index (Phi) is 6.37. The Labute approximate surface area is 148 Å². The van der Waals surface area contributed by atoms with Crippen molar-refractivity contribution < 1.29 is 18.0 Å². The van der Waals surface area contributed by atoms with Crippen LogP contribution in [0, 0.1) is 25.2 Å². The number of anilines is 1. The molecule has 130 valence electrons. The summed E-state index contributed by atoms with van der Waals surface area (Å²) in [5.41, 5.74) is 2.43. The highest BCUT2D eigenvalue weighted by atomic mass is 32.2. The topological polar surface area (TPSA) is 66.0 Å². The highest BCUT2D eigenvalue weighted by Crippen LogP contribution is 2.22. The van der Waals surface area contributed by atoms with Gasteiger partial charge in [-0.3, -0.25) is 4.79 Å². The van der Waals surface area contributed by atoms with Gasteiger partial charge in [0.25, 0.3) is 11.7 Å². The maximum Gasteiger partial charge on any atom is 0.284 e. The van der Waals surface area contributed by atoms with Crippen molar-refractivity contribution in [3.05, 3.63) is 58.6 Å². The van der Waals surface area contributed by atoms with Gasteiger partial charge in [-0.2, -0.15) is 14.0 Å². The van der Waals surface area contributed by atoms with Crippen LogP contribution < -0.4 is 5.32 Å². The molecule has 0 spiro atoms. The Morgan fingerprint density at radius 2 is 2.12 bits per heavy atom. The van der Waals surface area contributed by atoms with Gasteiger partial charge in [-0.25, -0.2) is 0 Å². The number of alkyl halides is 2. The molecule has 4 nitrogen and oxygen atoms in total. The van der Waals surface area contributed by atoms with Crippen molar-refractivity contribution in [3.8, 4) is 6.07 Å². The maximum atomic E-state index is 12.3. The molecule has 0 fully saturated rings. The average molecular weight is 362 g/mol. The molecule has 1 amide bonds. The normalized spacial score (nSPS) is 11.4. The van der Waals surface area contributed by atoms with Gasteiger partial charge in [-0.05, 0) is 37.6 Å². The second kappa shape index (κ2) is 8.49. The first kappa shape index (κ1) is 18.7. The molecule has 0 unspecified atom stereocenters. The molecular formula is C18H16F2N2O2S. The molecule has 0 bridgehead atoms. The Morgan fingerprint density at radius 1 is 1.36 bits per heavy atom. The van der Waals surface area contributed by atoms with E-state index >= 15 is 0 Å². The SMILES string of the molecule is Cc1ccc(NC(=O)/C(C#N)=C/c2ccc(CSC(F)F)o2)c(C)c1. The molecule has 0 saturated carbocycles. The standard InChI is InChI=1S/C18H16F2N2O2S/c1-11-3-6-16(12(2)7-11)22-17(23)13(9-21)8-14-4-5-15(24-14)10-25-18(19)20/h3-8,18H,10H2,1-2H3,(H,22,23)/b13-8+. The second-order valence-electron chi connectivity index (χ2n) is 5.32. The summed E-state index contributed by atoms with van der Waals surface area (Å²) in [5, 5.41) is 11.9. The summed E-state index contributed by atoms with van der Waals surface area (Å²) < 4.78 is 29.7. The van der Waals surface area contributed by atoms with Gasteiger partial charge < -0.3 is 9.73 Å². The molecule has 0 atom stereocenters. The molecule has 1 heterocycles. The largest absolute Gasteiger partial charge is 0.461 e. The van der Waals surface area contributed by atoms with Gasteiger partial charge in [0.1, 0.15) is 23.2 Å². The van der Waals surface area contributed by atoms with Gasteiger partial charge >= 0.3 is 0 Å². The number of nitriles is 1. The van der Waals surface area contributed by atoms with E-state index in [-0.39, 0.29) is 17.1 Å². The summed E-state index contributed by atoms with van der Waals surface area (Å²) in [6, 6.07) is 10.4. The minimum absolute atomic E-state index is 0.0160. The third kappa shape index (κ3) is 5.47. The lowest BCUT2D eigenvalue weighted by Crippen LogP contribution is -2.14. The lowest BCUT2D eigenvalue weighted by atomic mass is 10.1. The number of rotatable bonds is 6. The lowest BCUT2D eigenvalue weighted by Gasteiger charge is -2.08. The molecule has 2 aromatic rings. The number of hydrogen-bond acceptors (Lipinski definition) is 4. The molecule has 0 saturated heterocycles. The van der Waals surface area contributed by atoms with Gasteiger partial charge in [0.15, 0.2) is 0 Å². The predicted molar refractivity (Wildman–Crippen MR) is 94.1 cm³/mol. The van der Waals surface area contributed by atoms with Crippen LogP contribution in [0.1, 0.15) is 22.6 Å². The van der Waals surface area contributed by atoms with Crippen LogP contribution in [0.4, 0.5) is 14.5 Å². The predicted octanol–water partition coefficient (Wildman–Crippen LogP) is 4.90. The zero-order valence-electron chi connectivity index (χ0n) is 13.7. The minimum atomic E-state index is -2.48. The number of nitrogens with one attached hydrogen (secondary N) is 1. The van der Waals surface area contributed by atoms with Crippen LogP contribution in [0.5, 0.6) is 0 Å². The van der Waals surface area contributed by atoms with Gasteiger partial charge in [0, 0.05) is 11.8 Å². The number of aryl methyl sites for hydroxylation is 2. The van der Waals surface area contributed by atoms with Gasteiger partial charge in [-0.1, -0.05) is 29.5 Å². The molecule has 0 aliphatic heterocycles. The summed E-state index contributed by atoms with van der Waals surface area (Å²) >= 11 is 0.441. The fraction of sp³-hybridized carbons (Fsp3) is 0.222. The van der Waals surface area contributed by atoms with Crippen molar-refractivity contribution in [3.63, 3.8) is 0 Å². The average Bonchev–Trinajstić information content (AvgIpc) is 3.00. The molecule has 0 radical (unpaired) electrons. The number of nitrogens with zero attached hydrogens (tertiary/aromatic N) is 1. The first-order chi connectivity index (χ1) is 11.9. The summed E-state index contributed by atoms with van der Waals surface area (Å²) in [7, 11) is 0. The molecule has 7 heteroatoms. The van der Waals surface area contributed by atoms with E-state index in [1.807, 2.05) is 32.0 Å². The lowest BCUT2D eigenvalue weighted by molar-refractivity contribution is -0.112. The van der Waals surface area contributed by atoms with Crippen LogP contribution in [0.3, 0.4) is 0 Å². The molecule has 25 heavy (non-hydrogen) atoms. The van der Waals surface area contributed by atoms with Crippen LogP contribution in [0.15, 0.2) is 40.3 Å². The highest BCUT2D eigenvalue weighted by molar-refractivity contribution is 7.98. The van der Waals surface area contributed by atoms with Crippen molar-refractivity contribution >= 4 is 29.4 Å². The van der Waals surface area contributed by atoms with Crippen LogP contribution in [0.2, 0.25) is 0 Å². The van der Waals surface area contributed by atoms with Crippen molar-refractivity contribution in [2.45, 2.75) is 25.4 Å². The number of halogens is 2. The number of thioether (sulfide) groups is 1. The number of carbonyl (C=O) groups excluding carboxylic acids is 1. The van der Waals surface area contributed by atoms with E-state index in [0.29, 0.717) is 23.2 Å². The van der Waals surface area contributed by atoms with E-state index in [2.05, 4.69) is 5.32 Å². The minimum Gasteiger partial charge on any atom is -0.461 e. The first-order valence-corrected chi connectivity index (χ1v) is 8.43. The Morgan fingerprint density at radius 3 is 2.76 bits per heavy atom. The van der Waals surface area contributed by atoms with Crippen LogP contribution in [0.25, 0.3) is 6.08 Å². The summed E-state index contributed by atoms with van der Waals surface area (Å²) in [5.74, 6) is -2.42. The van der Waals surface area contributed by atoms with Crippen LogP contribution in [-0.2, 0) is 10.5 Å². The molecule has 1 N–H and O–H groups in total. The summed E-state index contributed by atoms with van der Waals surface area (Å²) in [4.78, 5) is 12.3. The van der Waals surface area contributed by atoms with Gasteiger partial charge in [0.2, 0.25) is 0 Å². The summed E-state index contributed by atoms with van der Waals surface area (Å²) in [6.07, 6.45) is 1.29. The number of amides is 1. The smallest absolute Gasteiger partial charge is 0.284 e. The van der Waals surface area contributed by atoms with Crippen molar-refractivity contribution in [1.29, 1.82) is 5.26 Å². The quantitative estimate of drug-likeness (QED) is 0.586. The van der Waals surface area contributed by atoms with Crippen molar-refractivity contribution in [2.75, 3.05) is 5.32 Å². The highest BCUT2D eigenvalue weighted by Gasteiger charge is 2.13. The fourth-order valence-electron chi connectivity index (χ4n) is 2.13. The maximum absolute atomic E-state index is 12.3. The molecular weight excluding hydrogens is 346 g/mol. The molecule has 2 rings (SSSR count). The molecule has 1 aromatic carbocycles. The van der Waals surface area contributed by atoms with E-state index in [0.717, 1.165) is 11.1 Å².